The molecule has 0 amide bonds. The smallest absolute Gasteiger partial charge is 0.0947 e. The molecule has 2 aliphatic rings. The van der Waals surface area contributed by atoms with E-state index < -0.39 is 0 Å². The van der Waals surface area contributed by atoms with Gasteiger partial charge in [0, 0.05) is 37.1 Å². The fourth-order valence-corrected chi connectivity index (χ4v) is 3.81. The van der Waals surface area contributed by atoms with Crippen LogP contribution in [0.15, 0.2) is 47.5 Å². The first kappa shape index (κ1) is 15.8. The van der Waals surface area contributed by atoms with Crippen LogP contribution >= 0.6 is 0 Å². The lowest BCUT2D eigenvalue weighted by atomic mass is 9.99. The largest absolute Gasteiger partial charge is 0.472 e. The Bertz CT molecular complexity index is 617. The van der Waals surface area contributed by atoms with Gasteiger partial charge < -0.3 is 13.9 Å². The summed E-state index contributed by atoms with van der Waals surface area (Å²) in [6, 6.07) is 6.56. The van der Waals surface area contributed by atoms with Gasteiger partial charge in [-0.1, -0.05) is 0 Å². The number of nitrogens with zero attached hydrogens (tertiary/aromatic N) is 2. The highest BCUT2D eigenvalue weighted by Crippen LogP contribution is 2.32. The number of ether oxygens (including phenoxy) is 2. The van der Waals surface area contributed by atoms with Gasteiger partial charge in [-0.05, 0) is 43.0 Å². The van der Waals surface area contributed by atoms with E-state index in [0.717, 1.165) is 31.5 Å². The van der Waals surface area contributed by atoms with Crippen molar-refractivity contribution in [3.63, 3.8) is 0 Å². The maximum atomic E-state index is 6.30. The van der Waals surface area contributed by atoms with Crippen LogP contribution in [0.3, 0.4) is 0 Å². The van der Waals surface area contributed by atoms with Gasteiger partial charge in [0.05, 0.1) is 37.9 Å². The molecule has 0 bridgehead atoms. The van der Waals surface area contributed by atoms with Crippen molar-refractivity contribution in [2.24, 2.45) is 0 Å². The van der Waals surface area contributed by atoms with Crippen LogP contribution in [0.25, 0.3) is 0 Å². The second kappa shape index (κ2) is 7.47. The maximum Gasteiger partial charge on any atom is 0.0947 e. The van der Waals surface area contributed by atoms with Crippen molar-refractivity contribution in [1.82, 2.24) is 9.88 Å². The lowest BCUT2D eigenvalue weighted by molar-refractivity contribution is -0.102. The van der Waals surface area contributed by atoms with E-state index in [0.29, 0.717) is 25.4 Å². The average Bonchev–Trinajstić information content (AvgIpc) is 3.26. The van der Waals surface area contributed by atoms with Crippen LogP contribution in [-0.4, -0.2) is 41.3 Å². The van der Waals surface area contributed by atoms with E-state index in [2.05, 4.69) is 9.88 Å². The summed E-state index contributed by atoms with van der Waals surface area (Å²) in [6.45, 7) is 3.37. The summed E-state index contributed by atoms with van der Waals surface area (Å²) in [5.74, 6) is 0. The Morgan fingerprint density at radius 3 is 2.88 bits per heavy atom. The number of aromatic nitrogens is 1. The quantitative estimate of drug-likeness (QED) is 0.816. The summed E-state index contributed by atoms with van der Waals surface area (Å²) >= 11 is 0. The number of furan rings is 1. The molecule has 0 N–H and O–H groups in total. The molecule has 3 atom stereocenters. The molecule has 2 saturated heterocycles. The summed E-state index contributed by atoms with van der Waals surface area (Å²) < 4.78 is 17.3. The van der Waals surface area contributed by atoms with Gasteiger partial charge in [0.2, 0.25) is 0 Å². The number of hydrogen-bond donors (Lipinski definition) is 0. The van der Waals surface area contributed by atoms with Crippen LogP contribution in [0.1, 0.15) is 30.4 Å². The predicted octanol–water partition coefficient (Wildman–Crippen LogP) is 3.01. The number of likely N-dealkylation sites (tertiary alicyclic amines) is 1. The van der Waals surface area contributed by atoms with Crippen LogP contribution in [0.2, 0.25) is 0 Å². The molecule has 5 nitrogen and oxygen atoms in total. The summed E-state index contributed by atoms with van der Waals surface area (Å²) in [4.78, 5) is 6.55. The summed E-state index contributed by atoms with van der Waals surface area (Å²) in [5.41, 5.74) is 2.41. The predicted molar refractivity (Wildman–Crippen MR) is 89.3 cm³/mol. The normalized spacial score (nSPS) is 27.2. The van der Waals surface area contributed by atoms with Crippen molar-refractivity contribution in [3.8, 4) is 0 Å². The zero-order chi connectivity index (χ0) is 16.2. The van der Waals surface area contributed by atoms with Gasteiger partial charge in [-0.2, -0.15) is 0 Å². The number of rotatable bonds is 6. The Kier molecular flexibility index (Phi) is 4.92. The van der Waals surface area contributed by atoms with Gasteiger partial charge in [0.25, 0.3) is 0 Å². The summed E-state index contributed by atoms with van der Waals surface area (Å²) in [6.07, 6.45) is 11.1. The lowest BCUT2D eigenvalue weighted by Gasteiger charge is -2.35. The fraction of sp³-hybridized carbons (Fsp3) is 0.526. The first-order chi connectivity index (χ1) is 11.9. The zero-order valence-electron chi connectivity index (χ0n) is 13.8. The van der Waals surface area contributed by atoms with Gasteiger partial charge in [0.1, 0.15) is 0 Å². The summed E-state index contributed by atoms with van der Waals surface area (Å²) in [7, 11) is 0. The molecule has 0 spiro atoms. The van der Waals surface area contributed by atoms with Gasteiger partial charge in [0.15, 0.2) is 0 Å². The third-order valence-corrected chi connectivity index (χ3v) is 5.04. The molecule has 128 valence electrons. The Morgan fingerprint density at radius 1 is 1.12 bits per heavy atom. The molecule has 0 radical (unpaired) electrons. The van der Waals surface area contributed by atoms with Gasteiger partial charge in [-0.3, -0.25) is 9.88 Å². The van der Waals surface area contributed by atoms with Gasteiger partial charge in [-0.15, -0.1) is 0 Å². The lowest BCUT2D eigenvalue weighted by Crippen LogP contribution is -2.43. The van der Waals surface area contributed by atoms with Gasteiger partial charge in [-0.25, -0.2) is 0 Å². The summed E-state index contributed by atoms with van der Waals surface area (Å²) in [5, 5.41) is 0. The Labute approximate surface area is 142 Å². The van der Waals surface area contributed by atoms with E-state index >= 15 is 0 Å². The second-order valence-electron chi connectivity index (χ2n) is 6.70. The molecule has 2 fully saturated rings. The standard InChI is InChI=1S/C19H24N2O3/c1-2-18-19(5-9-21(18)11-16-6-10-22-13-16)24-17(1)14-23-12-15-3-7-20-8-4-15/h3-4,6-8,10,13,17-19H,1-2,5,9,11-12,14H2/t17-,18-,19-/m0/s1. The van der Waals surface area contributed by atoms with Crippen molar-refractivity contribution < 1.29 is 13.9 Å². The van der Waals surface area contributed by atoms with E-state index in [1.54, 1.807) is 18.7 Å². The van der Waals surface area contributed by atoms with Crippen LogP contribution in [0.5, 0.6) is 0 Å². The molecule has 4 rings (SSSR count). The Hall–Kier alpha value is -1.69. The molecule has 2 aliphatic heterocycles. The molecule has 0 aromatic carbocycles. The molecule has 2 aromatic heterocycles. The van der Waals surface area contributed by atoms with Crippen molar-refractivity contribution in [1.29, 1.82) is 0 Å². The number of pyridine rings is 1. The van der Waals surface area contributed by atoms with Crippen molar-refractivity contribution in [2.75, 3.05) is 13.2 Å². The van der Waals surface area contributed by atoms with E-state index in [9.17, 15) is 0 Å². The van der Waals surface area contributed by atoms with Crippen LogP contribution in [0.4, 0.5) is 0 Å². The zero-order valence-corrected chi connectivity index (χ0v) is 13.8. The highest BCUT2D eigenvalue weighted by Gasteiger charge is 2.39. The SMILES string of the molecule is c1cc(COC[C@@H]2CC[C@H]3[C@H](CCN3Cc3ccoc3)O2)ccn1. The molecule has 24 heavy (non-hydrogen) atoms. The molecular formula is C19H24N2O3. The molecule has 0 aliphatic carbocycles. The second-order valence-corrected chi connectivity index (χ2v) is 6.70. The molecule has 0 saturated carbocycles. The highest BCUT2D eigenvalue weighted by molar-refractivity contribution is 5.08. The third-order valence-electron chi connectivity index (χ3n) is 5.04. The van der Waals surface area contributed by atoms with E-state index in [-0.39, 0.29) is 6.10 Å². The molecular weight excluding hydrogens is 304 g/mol. The first-order valence-electron chi connectivity index (χ1n) is 8.76. The minimum Gasteiger partial charge on any atom is -0.472 e. The van der Waals surface area contributed by atoms with Crippen LogP contribution in [-0.2, 0) is 22.6 Å². The number of hydrogen-bond acceptors (Lipinski definition) is 5. The minimum absolute atomic E-state index is 0.224. The third kappa shape index (κ3) is 3.69. The molecule has 5 heteroatoms. The Morgan fingerprint density at radius 2 is 2.04 bits per heavy atom. The van der Waals surface area contributed by atoms with Crippen molar-refractivity contribution in [3.05, 3.63) is 54.2 Å². The highest BCUT2D eigenvalue weighted by atomic mass is 16.5. The minimum atomic E-state index is 0.224. The van der Waals surface area contributed by atoms with Crippen molar-refractivity contribution in [2.45, 2.75) is 50.7 Å². The molecule has 4 heterocycles. The first-order valence-corrected chi connectivity index (χ1v) is 8.76. The van der Waals surface area contributed by atoms with E-state index in [4.69, 9.17) is 13.9 Å². The van der Waals surface area contributed by atoms with E-state index in [1.165, 1.54) is 12.0 Å². The number of fused-ring (bicyclic) bond motifs is 1. The Balaban J connectivity index is 1.23. The van der Waals surface area contributed by atoms with Crippen LogP contribution < -0.4 is 0 Å². The average molecular weight is 328 g/mol. The van der Waals surface area contributed by atoms with Crippen molar-refractivity contribution >= 4 is 0 Å². The fourth-order valence-electron chi connectivity index (χ4n) is 3.81. The van der Waals surface area contributed by atoms with Crippen LogP contribution in [0, 0.1) is 0 Å². The molecule has 0 unspecified atom stereocenters. The monoisotopic (exact) mass is 328 g/mol. The van der Waals surface area contributed by atoms with Gasteiger partial charge >= 0.3 is 0 Å². The van der Waals surface area contributed by atoms with E-state index in [1.807, 2.05) is 24.5 Å². The maximum absolute atomic E-state index is 6.30. The topological polar surface area (TPSA) is 47.7 Å². The molecule has 2 aromatic rings.